The molecular weight excluding hydrogens is 203 g/mol. The van der Waals surface area contributed by atoms with E-state index in [9.17, 15) is 4.39 Å². The minimum Gasteiger partial charge on any atom is -0.380 e. The van der Waals surface area contributed by atoms with E-state index >= 15 is 0 Å². The maximum absolute atomic E-state index is 13.6. The third-order valence-electron chi connectivity index (χ3n) is 3.14. The molecule has 1 atom stereocenters. The molecule has 0 spiro atoms. The number of hydrogen-bond acceptors (Lipinski definition) is 2. The predicted molar refractivity (Wildman–Crippen MR) is 65.3 cm³/mol. The number of halogens is 1. The average molecular weight is 222 g/mol. The zero-order valence-corrected chi connectivity index (χ0v) is 9.96. The average Bonchev–Trinajstić information content (AvgIpc) is 2.27. The van der Waals surface area contributed by atoms with Crippen LogP contribution in [0.2, 0.25) is 0 Å². The summed E-state index contributed by atoms with van der Waals surface area (Å²) >= 11 is 0. The number of para-hydroxylation sites is 1. The molecule has 2 rings (SSSR count). The molecule has 0 aliphatic carbocycles. The quantitative estimate of drug-likeness (QED) is 0.845. The van der Waals surface area contributed by atoms with Crippen molar-refractivity contribution in [3.8, 4) is 0 Å². The molecular formula is C13H19FN2. The Balaban J connectivity index is 2.03. The van der Waals surface area contributed by atoms with E-state index in [1.165, 1.54) is 6.07 Å². The Kier molecular flexibility index (Phi) is 3.44. The van der Waals surface area contributed by atoms with Gasteiger partial charge >= 0.3 is 0 Å². The Morgan fingerprint density at radius 1 is 1.44 bits per heavy atom. The standard InChI is InChI=1S/C13H19FN2/c1-16(2)9-8-11-7-6-10-4-3-5-12(14)13(10)15-11/h3-5,11,15H,6-9H2,1-2H3. The number of nitrogens with zero attached hydrogens (tertiary/aromatic N) is 1. The Bertz CT molecular complexity index is 363. The predicted octanol–water partition coefficient (Wildman–Crippen LogP) is 2.50. The van der Waals surface area contributed by atoms with E-state index < -0.39 is 0 Å². The number of aryl methyl sites for hydroxylation is 1. The number of fused-ring (bicyclic) bond motifs is 1. The molecule has 0 radical (unpaired) electrons. The lowest BCUT2D eigenvalue weighted by molar-refractivity contribution is 0.379. The van der Waals surface area contributed by atoms with Gasteiger partial charge in [0, 0.05) is 6.04 Å². The maximum atomic E-state index is 13.6. The first kappa shape index (κ1) is 11.4. The molecule has 0 bridgehead atoms. The van der Waals surface area contributed by atoms with Crippen LogP contribution in [-0.2, 0) is 6.42 Å². The summed E-state index contributed by atoms with van der Waals surface area (Å²) in [5.74, 6) is -0.118. The topological polar surface area (TPSA) is 15.3 Å². The summed E-state index contributed by atoms with van der Waals surface area (Å²) in [6.07, 6.45) is 3.16. The van der Waals surface area contributed by atoms with Gasteiger partial charge in [-0.15, -0.1) is 0 Å². The van der Waals surface area contributed by atoms with E-state index in [1.54, 1.807) is 6.07 Å². The summed E-state index contributed by atoms with van der Waals surface area (Å²) in [6, 6.07) is 5.73. The molecule has 88 valence electrons. The Morgan fingerprint density at radius 3 is 3.00 bits per heavy atom. The second-order valence-electron chi connectivity index (χ2n) is 4.75. The van der Waals surface area contributed by atoms with Crippen LogP contribution >= 0.6 is 0 Å². The van der Waals surface area contributed by atoms with Crippen LogP contribution in [0.3, 0.4) is 0 Å². The number of benzene rings is 1. The molecule has 0 saturated heterocycles. The van der Waals surface area contributed by atoms with Gasteiger partial charge in [0.25, 0.3) is 0 Å². The third-order valence-corrected chi connectivity index (χ3v) is 3.14. The molecule has 1 aromatic rings. The van der Waals surface area contributed by atoms with Crippen molar-refractivity contribution in [1.29, 1.82) is 0 Å². The van der Waals surface area contributed by atoms with Gasteiger partial charge in [0.05, 0.1) is 5.69 Å². The minimum absolute atomic E-state index is 0.118. The number of nitrogens with one attached hydrogen (secondary N) is 1. The second-order valence-corrected chi connectivity index (χ2v) is 4.75. The summed E-state index contributed by atoms with van der Waals surface area (Å²) < 4.78 is 13.6. The smallest absolute Gasteiger partial charge is 0.146 e. The number of rotatable bonds is 3. The summed E-state index contributed by atoms with van der Waals surface area (Å²) in [6.45, 7) is 1.04. The van der Waals surface area contributed by atoms with Gasteiger partial charge in [-0.25, -0.2) is 4.39 Å². The lowest BCUT2D eigenvalue weighted by Gasteiger charge is -2.28. The second kappa shape index (κ2) is 4.83. The van der Waals surface area contributed by atoms with E-state index in [0.717, 1.165) is 37.1 Å². The minimum atomic E-state index is -0.118. The lowest BCUT2D eigenvalue weighted by Crippen LogP contribution is -2.29. The van der Waals surface area contributed by atoms with Crippen LogP contribution < -0.4 is 5.32 Å². The van der Waals surface area contributed by atoms with Crippen LogP contribution in [0.25, 0.3) is 0 Å². The van der Waals surface area contributed by atoms with Gasteiger partial charge in [0.1, 0.15) is 5.82 Å². The molecule has 3 heteroatoms. The van der Waals surface area contributed by atoms with Gasteiger partial charge in [-0.1, -0.05) is 12.1 Å². The van der Waals surface area contributed by atoms with Gasteiger partial charge in [0.2, 0.25) is 0 Å². The van der Waals surface area contributed by atoms with Gasteiger partial charge in [-0.2, -0.15) is 0 Å². The first-order chi connectivity index (χ1) is 7.66. The van der Waals surface area contributed by atoms with Crippen molar-refractivity contribution in [3.05, 3.63) is 29.6 Å². The summed E-state index contributed by atoms with van der Waals surface area (Å²) in [5.41, 5.74) is 1.83. The highest BCUT2D eigenvalue weighted by atomic mass is 19.1. The van der Waals surface area contributed by atoms with Gasteiger partial charge in [0.15, 0.2) is 0 Å². The molecule has 2 nitrogen and oxygen atoms in total. The van der Waals surface area contributed by atoms with Crippen LogP contribution in [0.15, 0.2) is 18.2 Å². The third kappa shape index (κ3) is 2.53. The Hall–Kier alpha value is -1.09. The highest BCUT2D eigenvalue weighted by Crippen LogP contribution is 2.28. The van der Waals surface area contributed by atoms with E-state index in [-0.39, 0.29) is 5.82 Å². The highest BCUT2D eigenvalue weighted by Gasteiger charge is 2.19. The molecule has 0 fully saturated rings. The van der Waals surface area contributed by atoms with Crippen LogP contribution in [0.5, 0.6) is 0 Å². The molecule has 1 unspecified atom stereocenters. The SMILES string of the molecule is CN(C)CCC1CCc2cccc(F)c2N1. The van der Waals surface area contributed by atoms with Gasteiger partial charge in [-0.05, 0) is 51.5 Å². The molecule has 0 aromatic heterocycles. The van der Waals surface area contributed by atoms with E-state index in [0.29, 0.717) is 6.04 Å². The molecule has 0 saturated carbocycles. The Morgan fingerprint density at radius 2 is 2.25 bits per heavy atom. The fourth-order valence-electron chi connectivity index (χ4n) is 2.18. The van der Waals surface area contributed by atoms with E-state index in [2.05, 4.69) is 24.3 Å². The molecule has 16 heavy (non-hydrogen) atoms. The fraction of sp³-hybridized carbons (Fsp3) is 0.538. The maximum Gasteiger partial charge on any atom is 0.146 e. The molecule has 1 heterocycles. The zero-order valence-electron chi connectivity index (χ0n) is 9.96. The first-order valence-corrected chi connectivity index (χ1v) is 5.85. The van der Waals surface area contributed by atoms with E-state index in [1.807, 2.05) is 6.07 Å². The lowest BCUT2D eigenvalue weighted by atomic mass is 9.96. The Labute approximate surface area is 96.5 Å². The van der Waals surface area contributed by atoms with Crippen LogP contribution in [0.4, 0.5) is 10.1 Å². The molecule has 1 N–H and O–H groups in total. The number of hydrogen-bond donors (Lipinski definition) is 1. The summed E-state index contributed by atoms with van der Waals surface area (Å²) in [5, 5.41) is 3.32. The molecule has 0 amide bonds. The fourth-order valence-corrected chi connectivity index (χ4v) is 2.18. The highest BCUT2D eigenvalue weighted by molar-refractivity contribution is 5.54. The van der Waals surface area contributed by atoms with Crippen LogP contribution in [0.1, 0.15) is 18.4 Å². The van der Waals surface area contributed by atoms with Crippen LogP contribution in [-0.4, -0.2) is 31.6 Å². The molecule has 1 aromatic carbocycles. The van der Waals surface area contributed by atoms with Crippen molar-refractivity contribution in [1.82, 2.24) is 4.90 Å². The first-order valence-electron chi connectivity index (χ1n) is 5.85. The zero-order chi connectivity index (χ0) is 11.5. The van der Waals surface area contributed by atoms with Gasteiger partial charge in [-0.3, -0.25) is 0 Å². The summed E-state index contributed by atoms with van der Waals surface area (Å²) in [7, 11) is 4.13. The van der Waals surface area contributed by atoms with Gasteiger partial charge < -0.3 is 10.2 Å². The van der Waals surface area contributed by atoms with Crippen molar-refractivity contribution >= 4 is 5.69 Å². The van der Waals surface area contributed by atoms with Crippen molar-refractivity contribution in [2.75, 3.05) is 26.0 Å². The summed E-state index contributed by atoms with van der Waals surface area (Å²) in [4.78, 5) is 2.17. The largest absolute Gasteiger partial charge is 0.380 e. The monoisotopic (exact) mass is 222 g/mol. The van der Waals surface area contributed by atoms with E-state index in [4.69, 9.17) is 0 Å². The van der Waals surface area contributed by atoms with Crippen molar-refractivity contribution in [2.24, 2.45) is 0 Å². The number of anilines is 1. The van der Waals surface area contributed by atoms with Crippen molar-refractivity contribution in [2.45, 2.75) is 25.3 Å². The van der Waals surface area contributed by atoms with Crippen molar-refractivity contribution < 1.29 is 4.39 Å². The molecule has 1 aliphatic heterocycles. The molecule has 1 aliphatic rings. The van der Waals surface area contributed by atoms with Crippen molar-refractivity contribution in [3.63, 3.8) is 0 Å². The van der Waals surface area contributed by atoms with Crippen LogP contribution in [0, 0.1) is 5.82 Å². The normalized spacial score (nSPS) is 19.4.